The van der Waals surface area contributed by atoms with Crippen LogP contribution in [-0.2, 0) is 0 Å². The molecule has 0 spiro atoms. The molecule has 6 heteroatoms. The van der Waals surface area contributed by atoms with E-state index >= 15 is 0 Å². The van der Waals surface area contributed by atoms with Crippen molar-refractivity contribution in [1.29, 1.82) is 0 Å². The van der Waals surface area contributed by atoms with Gasteiger partial charge in [0.05, 0.1) is 0 Å². The molecule has 0 fully saturated rings. The van der Waals surface area contributed by atoms with E-state index in [1.807, 2.05) is 24.3 Å². The first-order valence-electron chi connectivity index (χ1n) is 6.58. The van der Waals surface area contributed by atoms with E-state index in [9.17, 15) is 9.59 Å². The van der Waals surface area contributed by atoms with Crippen LogP contribution in [0.1, 0.15) is 24.3 Å². The van der Waals surface area contributed by atoms with Crippen molar-refractivity contribution in [1.82, 2.24) is 10.2 Å². The van der Waals surface area contributed by atoms with Gasteiger partial charge in [-0.2, -0.15) is 0 Å². The van der Waals surface area contributed by atoms with Crippen molar-refractivity contribution >= 4 is 17.3 Å². The molecule has 106 valence electrons. The van der Waals surface area contributed by atoms with E-state index < -0.39 is 0 Å². The number of hydrogen-bond donors (Lipinski definition) is 3. The van der Waals surface area contributed by atoms with Gasteiger partial charge in [0.2, 0.25) is 0 Å². The van der Waals surface area contributed by atoms with Gasteiger partial charge in [-0.15, -0.1) is 0 Å². The number of hydrogen-bond acceptors (Lipinski definition) is 3. The van der Waals surface area contributed by atoms with Gasteiger partial charge >= 0.3 is 0 Å². The molecule has 3 N–H and O–H groups in total. The first-order chi connectivity index (χ1) is 9.63. The zero-order valence-electron chi connectivity index (χ0n) is 11.6. The van der Waals surface area contributed by atoms with Crippen molar-refractivity contribution in [3.05, 3.63) is 46.4 Å². The van der Waals surface area contributed by atoms with Crippen LogP contribution in [0.5, 0.6) is 0 Å². The maximum Gasteiger partial charge on any atom is 0.273 e. The van der Waals surface area contributed by atoms with Gasteiger partial charge in [-0.3, -0.25) is 19.8 Å². The minimum atomic E-state index is -0.348. The minimum absolute atomic E-state index is 0.211. The molecular formula is C14H18N4O2. The second-order valence-electron chi connectivity index (χ2n) is 4.35. The number of amides is 1. The van der Waals surface area contributed by atoms with E-state index in [2.05, 4.69) is 34.3 Å². The number of nitrogens with one attached hydrogen (secondary N) is 3. The largest absolute Gasteiger partial charge is 0.372 e. The highest BCUT2D eigenvalue weighted by Gasteiger charge is 2.08. The number of carbonyl (C=O) groups is 1. The Balaban J connectivity index is 2.07. The summed E-state index contributed by atoms with van der Waals surface area (Å²) < 4.78 is 0. The fourth-order valence-electron chi connectivity index (χ4n) is 2.00. The summed E-state index contributed by atoms with van der Waals surface area (Å²) in [5.74, 6) is -0.348. The molecule has 0 saturated heterocycles. The van der Waals surface area contributed by atoms with Crippen molar-refractivity contribution in [3.8, 4) is 0 Å². The molecule has 0 unspecified atom stereocenters. The van der Waals surface area contributed by atoms with Gasteiger partial charge in [-0.05, 0) is 38.1 Å². The van der Waals surface area contributed by atoms with Gasteiger partial charge in [-0.25, -0.2) is 0 Å². The summed E-state index contributed by atoms with van der Waals surface area (Å²) in [7, 11) is 0. The molecular weight excluding hydrogens is 256 g/mol. The Bertz CT molecular complexity index is 623. The number of rotatable bonds is 5. The first kappa shape index (κ1) is 13.9. The standard InChI is InChI=1S/C14H18N4O2/c1-3-18(4-2)11-7-5-10(6-8-11)15-14(20)12-9-13(19)17-16-12/h5-9H,3-4H2,1-2H3,(H,15,20)(H2,16,17,19). The highest BCUT2D eigenvalue weighted by Crippen LogP contribution is 2.17. The number of aromatic amines is 2. The third-order valence-electron chi connectivity index (χ3n) is 3.09. The maximum absolute atomic E-state index is 11.8. The topological polar surface area (TPSA) is 81.0 Å². The number of benzene rings is 1. The summed E-state index contributed by atoms with van der Waals surface area (Å²) in [6.07, 6.45) is 0. The molecule has 0 radical (unpaired) electrons. The van der Waals surface area contributed by atoms with Gasteiger partial charge in [0.15, 0.2) is 0 Å². The molecule has 6 nitrogen and oxygen atoms in total. The summed E-state index contributed by atoms with van der Waals surface area (Å²) >= 11 is 0. The lowest BCUT2D eigenvalue weighted by Crippen LogP contribution is -2.21. The van der Waals surface area contributed by atoms with Crippen LogP contribution in [0.2, 0.25) is 0 Å². The molecule has 1 amide bonds. The Morgan fingerprint density at radius 2 is 1.80 bits per heavy atom. The Kier molecular flexibility index (Phi) is 4.24. The van der Waals surface area contributed by atoms with Crippen LogP contribution in [0.15, 0.2) is 35.1 Å². The van der Waals surface area contributed by atoms with Gasteiger partial charge in [-0.1, -0.05) is 0 Å². The zero-order valence-corrected chi connectivity index (χ0v) is 11.6. The quantitative estimate of drug-likeness (QED) is 0.777. The van der Waals surface area contributed by atoms with Crippen molar-refractivity contribution < 1.29 is 4.79 Å². The Morgan fingerprint density at radius 1 is 1.15 bits per heavy atom. The van der Waals surface area contributed by atoms with Crippen molar-refractivity contribution in [2.45, 2.75) is 13.8 Å². The molecule has 0 saturated carbocycles. The molecule has 20 heavy (non-hydrogen) atoms. The zero-order chi connectivity index (χ0) is 14.5. The van der Waals surface area contributed by atoms with Crippen LogP contribution in [0.25, 0.3) is 0 Å². The highest BCUT2D eigenvalue weighted by atomic mass is 16.2. The number of anilines is 2. The third-order valence-corrected chi connectivity index (χ3v) is 3.09. The van der Waals surface area contributed by atoms with Crippen molar-refractivity contribution in [2.75, 3.05) is 23.3 Å². The SMILES string of the molecule is CCN(CC)c1ccc(NC(=O)c2cc(=O)[nH][nH]2)cc1. The normalized spacial score (nSPS) is 10.3. The summed E-state index contributed by atoms with van der Waals surface area (Å²) in [5.41, 5.74) is 1.69. The number of nitrogens with zero attached hydrogens (tertiary/aromatic N) is 1. The Labute approximate surface area is 116 Å². The smallest absolute Gasteiger partial charge is 0.273 e. The molecule has 1 aromatic heterocycles. The summed E-state index contributed by atoms with van der Waals surface area (Å²) in [6.45, 7) is 6.07. The summed E-state index contributed by atoms with van der Waals surface area (Å²) in [6, 6.07) is 8.83. The molecule has 1 aromatic carbocycles. The molecule has 0 aliphatic rings. The van der Waals surface area contributed by atoms with E-state index in [1.54, 1.807) is 0 Å². The molecule has 0 aliphatic carbocycles. The average Bonchev–Trinajstić information content (AvgIpc) is 2.89. The van der Waals surface area contributed by atoms with Crippen molar-refractivity contribution in [2.24, 2.45) is 0 Å². The van der Waals surface area contributed by atoms with E-state index in [0.29, 0.717) is 5.69 Å². The third kappa shape index (κ3) is 3.09. The summed E-state index contributed by atoms with van der Waals surface area (Å²) in [4.78, 5) is 25.0. The molecule has 2 aromatic rings. The predicted molar refractivity (Wildman–Crippen MR) is 79.4 cm³/mol. The van der Waals surface area contributed by atoms with Gasteiger partial charge < -0.3 is 10.2 Å². The van der Waals surface area contributed by atoms with Crippen LogP contribution in [0.4, 0.5) is 11.4 Å². The minimum Gasteiger partial charge on any atom is -0.372 e. The monoisotopic (exact) mass is 274 g/mol. The molecule has 0 aliphatic heterocycles. The lowest BCUT2D eigenvalue weighted by atomic mass is 10.2. The van der Waals surface area contributed by atoms with Crippen LogP contribution in [0, 0.1) is 0 Å². The van der Waals surface area contributed by atoms with Gasteiger partial charge in [0.25, 0.3) is 11.5 Å². The van der Waals surface area contributed by atoms with E-state index in [0.717, 1.165) is 18.8 Å². The fraction of sp³-hybridized carbons (Fsp3) is 0.286. The van der Waals surface area contributed by atoms with Crippen LogP contribution >= 0.6 is 0 Å². The van der Waals surface area contributed by atoms with Gasteiger partial charge in [0, 0.05) is 30.5 Å². The van der Waals surface area contributed by atoms with E-state index in [4.69, 9.17) is 0 Å². The summed E-state index contributed by atoms with van der Waals surface area (Å²) in [5, 5.41) is 7.57. The molecule has 0 bridgehead atoms. The first-order valence-corrected chi connectivity index (χ1v) is 6.58. The van der Waals surface area contributed by atoms with Crippen LogP contribution < -0.4 is 15.8 Å². The molecule has 2 rings (SSSR count). The Hall–Kier alpha value is -2.50. The highest BCUT2D eigenvalue weighted by molar-refractivity contribution is 6.02. The fourth-order valence-corrected chi connectivity index (χ4v) is 2.00. The maximum atomic E-state index is 11.8. The predicted octanol–water partition coefficient (Wildman–Crippen LogP) is 1.80. The van der Waals surface area contributed by atoms with Crippen LogP contribution in [-0.4, -0.2) is 29.2 Å². The number of carbonyl (C=O) groups excluding carboxylic acids is 1. The number of H-pyrrole nitrogens is 2. The lowest BCUT2D eigenvalue weighted by molar-refractivity contribution is 0.102. The number of aromatic nitrogens is 2. The average molecular weight is 274 g/mol. The van der Waals surface area contributed by atoms with Crippen LogP contribution in [0.3, 0.4) is 0 Å². The van der Waals surface area contributed by atoms with E-state index in [1.165, 1.54) is 6.07 Å². The van der Waals surface area contributed by atoms with E-state index in [-0.39, 0.29) is 17.2 Å². The Morgan fingerprint density at radius 3 is 2.30 bits per heavy atom. The molecule has 1 heterocycles. The second kappa shape index (κ2) is 6.10. The lowest BCUT2D eigenvalue weighted by Gasteiger charge is -2.21. The second-order valence-corrected chi connectivity index (χ2v) is 4.35. The van der Waals surface area contributed by atoms with Gasteiger partial charge in [0.1, 0.15) is 5.69 Å². The van der Waals surface area contributed by atoms with Crippen molar-refractivity contribution in [3.63, 3.8) is 0 Å². The molecule has 0 atom stereocenters.